The first-order valence-electron chi connectivity index (χ1n) is 6.20. The summed E-state index contributed by atoms with van der Waals surface area (Å²) in [6.07, 6.45) is 0. The van der Waals surface area contributed by atoms with Crippen molar-refractivity contribution in [1.29, 1.82) is 5.26 Å². The quantitative estimate of drug-likeness (QED) is 0.914. The van der Waals surface area contributed by atoms with E-state index in [1.54, 1.807) is 6.07 Å². The van der Waals surface area contributed by atoms with Gasteiger partial charge in [0.05, 0.1) is 11.6 Å². The highest BCUT2D eigenvalue weighted by Crippen LogP contribution is 2.20. The van der Waals surface area contributed by atoms with Crippen LogP contribution >= 0.6 is 0 Å². The van der Waals surface area contributed by atoms with E-state index in [2.05, 4.69) is 5.32 Å². The Bertz CT molecular complexity index is 664. The summed E-state index contributed by atoms with van der Waals surface area (Å²) in [6, 6.07) is 9.66. The minimum Gasteiger partial charge on any atom is -0.381 e. The Hall–Kier alpha value is -2.41. The van der Waals surface area contributed by atoms with Crippen molar-refractivity contribution in [3.63, 3.8) is 0 Å². The molecule has 0 aliphatic heterocycles. The van der Waals surface area contributed by atoms with Gasteiger partial charge in [-0.25, -0.2) is 8.78 Å². The number of nitriles is 1. The van der Waals surface area contributed by atoms with E-state index in [0.29, 0.717) is 0 Å². The number of hydrogen-bond donors (Lipinski definition) is 1. The number of aryl methyl sites for hydroxylation is 2. The zero-order valence-corrected chi connectivity index (χ0v) is 11.3. The SMILES string of the molecule is Cc1ccc(C)c(NCc2c(F)cc(C#N)cc2F)c1. The van der Waals surface area contributed by atoms with Crippen LogP contribution in [0, 0.1) is 36.8 Å². The molecule has 1 N–H and O–H groups in total. The highest BCUT2D eigenvalue weighted by molar-refractivity contribution is 5.53. The van der Waals surface area contributed by atoms with Crippen molar-refractivity contribution in [1.82, 2.24) is 0 Å². The maximum absolute atomic E-state index is 13.7. The van der Waals surface area contributed by atoms with Crippen molar-refractivity contribution in [2.24, 2.45) is 0 Å². The molecule has 0 aliphatic rings. The molecular formula is C16H14F2N2. The van der Waals surface area contributed by atoms with Crippen LogP contribution in [0.3, 0.4) is 0 Å². The predicted octanol–water partition coefficient (Wildman–Crippen LogP) is 4.07. The van der Waals surface area contributed by atoms with Gasteiger partial charge in [-0.3, -0.25) is 0 Å². The lowest BCUT2D eigenvalue weighted by Crippen LogP contribution is -2.06. The van der Waals surface area contributed by atoms with E-state index in [0.717, 1.165) is 28.9 Å². The predicted molar refractivity (Wildman–Crippen MR) is 74.3 cm³/mol. The summed E-state index contributed by atoms with van der Waals surface area (Å²) in [6.45, 7) is 3.91. The molecule has 0 atom stereocenters. The van der Waals surface area contributed by atoms with Crippen LogP contribution in [-0.2, 0) is 6.54 Å². The second-order valence-electron chi connectivity index (χ2n) is 4.70. The minimum absolute atomic E-state index is 0.0181. The fourth-order valence-corrected chi connectivity index (χ4v) is 1.95. The molecule has 0 saturated carbocycles. The summed E-state index contributed by atoms with van der Waals surface area (Å²) in [5.41, 5.74) is 2.83. The van der Waals surface area contributed by atoms with Crippen molar-refractivity contribution in [3.05, 3.63) is 64.2 Å². The molecule has 0 saturated heterocycles. The van der Waals surface area contributed by atoms with Gasteiger partial charge in [0, 0.05) is 17.8 Å². The number of nitrogens with zero attached hydrogens (tertiary/aromatic N) is 1. The van der Waals surface area contributed by atoms with E-state index in [-0.39, 0.29) is 17.7 Å². The molecule has 2 nitrogen and oxygen atoms in total. The Labute approximate surface area is 116 Å². The molecule has 0 bridgehead atoms. The Morgan fingerprint density at radius 2 is 1.75 bits per heavy atom. The first-order valence-corrected chi connectivity index (χ1v) is 6.20. The molecule has 0 aromatic heterocycles. The second-order valence-corrected chi connectivity index (χ2v) is 4.70. The summed E-state index contributed by atoms with van der Waals surface area (Å²) in [5, 5.41) is 11.7. The number of halogens is 2. The first kappa shape index (κ1) is 14.0. The van der Waals surface area contributed by atoms with Crippen molar-refractivity contribution < 1.29 is 8.78 Å². The van der Waals surface area contributed by atoms with E-state index in [4.69, 9.17) is 5.26 Å². The van der Waals surface area contributed by atoms with Crippen LogP contribution in [0.15, 0.2) is 30.3 Å². The molecule has 102 valence electrons. The van der Waals surface area contributed by atoms with Gasteiger partial charge in [0.25, 0.3) is 0 Å². The van der Waals surface area contributed by atoms with Crippen LogP contribution in [0.1, 0.15) is 22.3 Å². The van der Waals surface area contributed by atoms with E-state index < -0.39 is 11.6 Å². The molecule has 2 aromatic carbocycles. The molecular weight excluding hydrogens is 258 g/mol. The number of benzene rings is 2. The lowest BCUT2D eigenvalue weighted by atomic mass is 10.1. The monoisotopic (exact) mass is 272 g/mol. The van der Waals surface area contributed by atoms with Crippen molar-refractivity contribution in [3.8, 4) is 6.07 Å². The smallest absolute Gasteiger partial charge is 0.132 e. The van der Waals surface area contributed by atoms with Gasteiger partial charge < -0.3 is 5.32 Å². The minimum atomic E-state index is -0.709. The Morgan fingerprint density at radius 1 is 1.10 bits per heavy atom. The van der Waals surface area contributed by atoms with Crippen LogP contribution in [0.25, 0.3) is 0 Å². The highest BCUT2D eigenvalue weighted by atomic mass is 19.1. The summed E-state index contributed by atoms with van der Waals surface area (Å²) >= 11 is 0. The standard InChI is InChI=1S/C16H14F2N2/c1-10-3-4-11(2)16(5-10)20-9-13-14(17)6-12(8-19)7-15(13)18/h3-7,20H,9H2,1-2H3. The fourth-order valence-electron chi connectivity index (χ4n) is 1.95. The largest absolute Gasteiger partial charge is 0.381 e. The van der Waals surface area contributed by atoms with Gasteiger partial charge in [0.2, 0.25) is 0 Å². The van der Waals surface area contributed by atoms with Crippen molar-refractivity contribution in [2.75, 3.05) is 5.32 Å². The Kier molecular flexibility index (Phi) is 3.99. The maximum Gasteiger partial charge on any atom is 0.132 e. The molecule has 0 fully saturated rings. The van der Waals surface area contributed by atoms with Gasteiger partial charge >= 0.3 is 0 Å². The van der Waals surface area contributed by atoms with Crippen LogP contribution < -0.4 is 5.32 Å². The molecule has 0 aliphatic carbocycles. The summed E-state index contributed by atoms with van der Waals surface area (Å²) < 4.78 is 27.5. The first-order chi connectivity index (χ1) is 9.51. The number of nitrogens with one attached hydrogen (secondary N) is 1. The van der Waals surface area contributed by atoms with Crippen LogP contribution in [0.4, 0.5) is 14.5 Å². The van der Waals surface area contributed by atoms with Gasteiger partial charge in [-0.15, -0.1) is 0 Å². The number of anilines is 1. The third-order valence-corrected chi connectivity index (χ3v) is 3.12. The van der Waals surface area contributed by atoms with Crippen molar-refractivity contribution in [2.45, 2.75) is 20.4 Å². The average molecular weight is 272 g/mol. The molecule has 2 rings (SSSR count). The normalized spacial score (nSPS) is 10.2. The van der Waals surface area contributed by atoms with Crippen LogP contribution in [0.5, 0.6) is 0 Å². The topological polar surface area (TPSA) is 35.8 Å². The van der Waals surface area contributed by atoms with E-state index in [1.807, 2.05) is 32.0 Å². The lowest BCUT2D eigenvalue weighted by Gasteiger charge is -2.12. The summed E-state index contributed by atoms with van der Waals surface area (Å²) in [7, 11) is 0. The van der Waals surface area contributed by atoms with Crippen LogP contribution in [0.2, 0.25) is 0 Å². The van der Waals surface area contributed by atoms with Gasteiger partial charge in [0.1, 0.15) is 11.6 Å². The number of hydrogen-bond acceptors (Lipinski definition) is 2. The third kappa shape index (κ3) is 2.94. The molecule has 2 aromatic rings. The van der Waals surface area contributed by atoms with E-state index in [1.165, 1.54) is 0 Å². The van der Waals surface area contributed by atoms with Crippen LogP contribution in [-0.4, -0.2) is 0 Å². The van der Waals surface area contributed by atoms with Gasteiger partial charge in [0.15, 0.2) is 0 Å². The molecule has 20 heavy (non-hydrogen) atoms. The van der Waals surface area contributed by atoms with E-state index >= 15 is 0 Å². The van der Waals surface area contributed by atoms with E-state index in [9.17, 15) is 8.78 Å². The second kappa shape index (κ2) is 5.70. The third-order valence-electron chi connectivity index (χ3n) is 3.12. The average Bonchev–Trinajstić information content (AvgIpc) is 2.41. The molecule has 0 radical (unpaired) electrons. The fraction of sp³-hybridized carbons (Fsp3) is 0.188. The molecule has 0 spiro atoms. The van der Waals surface area contributed by atoms with Gasteiger partial charge in [-0.05, 0) is 43.2 Å². The highest BCUT2D eigenvalue weighted by Gasteiger charge is 2.11. The summed E-state index contributed by atoms with van der Waals surface area (Å²) in [5.74, 6) is -1.42. The molecule has 0 unspecified atom stereocenters. The Morgan fingerprint density at radius 3 is 2.35 bits per heavy atom. The number of rotatable bonds is 3. The summed E-state index contributed by atoms with van der Waals surface area (Å²) in [4.78, 5) is 0. The molecule has 0 amide bonds. The van der Waals surface area contributed by atoms with Gasteiger partial charge in [-0.2, -0.15) is 5.26 Å². The zero-order valence-electron chi connectivity index (χ0n) is 11.3. The Balaban J connectivity index is 2.23. The van der Waals surface area contributed by atoms with Crippen molar-refractivity contribution >= 4 is 5.69 Å². The lowest BCUT2D eigenvalue weighted by molar-refractivity contribution is 0.559. The molecule has 0 heterocycles. The zero-order chi connectivity index (χ0) is 14.7. The maximum atomic E-state index is 13.7. The van der Waals surface area contributed by atoms with Gasteiger partial charge in [-0.1, -0.05) is 12.1 Å². The molecule has 4 heteroatoms.